The molecular formula is C10H13BrO2S. The fourth-order valence-electron chi connectivity index (χ4n) is 1.70. The molecule has 0 bridgehead atoms. The Kier molecular flexibility index (Phi) is 3.27. The molecule has 0 aromatic carbocycles. The lowest BCUT2D eigenvalue weighted by atomic mass is 9.90. The van der Waals surface area contributed by atoms with E-state index >= 15 is 0 Å². The van der Waals surface area contributed by atoms with Gasteiger partial charge in [0.15, 0.2) is 0 Å². The van der Waals surface area contributed by atoms with Crippen LogP contribution in [0.25, 0.3) is 0 Å². The SMILES string of the molecule is OC1(Cc2cc(Br)cs2)CCOCC1. The highest BCUT2D eigenvalue weighted by atomic mass is 79.9. The molecule has 1 fully saturated rings. The summed E-state index contributed by atoms with van der Waals surface area (Å²) in [5, 5.41) is 12.3. The summed E-state index contributed by atoms with van der Waals surface area (Å²) in [5.41, 5.74) is -0.539. The number of hydrogen-bond acceptors (Lipinski definition) is 3. The molecule has 14 heavy (non-hydrogen) atoms. The van der Waals surface area contributed by atoms with E-state index in [1.54, 1.807) is 11.3 Å². The minimum Gasteiger partial charge on any atom is -0.389 e. The van der Waals surface area contributed by atoms with E-state index in [9.17, 15) is 5.11 Å². The minimum absolute atomic E-state index is 0.539. The van der Waals surface area contributed by atoms with Gasteiger partial charge in [0.05, 0.1) is 5.60 Å². The lowest BCUT2D eigenvalue weighted by Crippen LogP contribution is -2.37. The molecule has 0 spiro atoms. The predicted molar refractivity (Wildman–Crippen MR) is 60.7 cm³/mol. The maximum atomic E-state index is 10.2. The van der Waals surface area contributed by atoms with Gasteiger partial charge in [-0.1, -0.05) is 0 Å². The van der Waals surface area contributed by atoms with E-state index in [0.29, 0.717) is 13.2 Å². The Balaban J connectivity index is 2.01. The van der Waals surface area contributed by atoms with Crippen molar-refractivity contribution in [2.45, 2.75) is 24.9 Å². The van der Waals surface area contributed by atoms with Crippen LogP contribution in [0.15, 0.2) is 15.9 Å². The maximum Gasteiger partial charge on any atom is 0.0739 e. The van der Waals surface area contributed by atoms with Crippen molar-refractivity contribution in [3.05, 3.63) is 20.8 Å². The predicted octanol–water partition coefficient (Wildman–Crippen LogP) is 2.59. The molecule has 1 aliphatic rings. The van der Waals surface area contributed by atoms with Crippen LogP contribution in [-0.2, 0) is 11.2 Å². The van der Waals surface area contributed by atoms with Gasteiger partial charge in [-0.05, 0) is 34.8 Å². The number of aliphatic hydroxyl groups is 1. The molecule has 4 heteroatoms. The van der Waals surface area contributed by atoms with Gasteiger partial charge in [-0.3, -0.25) is 0 Å². The van der Waals surface area contributed by atoms with Crippen LogP contribution in [0.3, 0.4) is 0 Å². The molecule has 0 amide bonds. The van der Waals surface area contributed by atoms with Gasteiger partial charge in [-0.15, -0.1) is 11.3 Å². The second-order valence-corrected chi connectivity index (χ2v) is 5.66. The second kappa shape index (κ2) is 4.31. The van der Waals surface area contributed by atoms with Crippen LogP contribution >= 0.6 is 27.3 Å². The minimum atomic E-state index is -0.539. The summed E-state index contributed by atoms with van der Waals surface area (Å²) < 4.78 is 6.35. The van der Waals surface area contributed by atoms with Gasteiger partial charge in [0.25, 0.3) is 0 Å². The van der Waals surface area contributed by atoms with Crippen LogP contribution in [0.1, 0.15) is 17.7 Å². The molecule has 0 aliphatic carbocycles. The zero-order valence-corrected chi connectivity index (χ0v) is 10.2. The normalized spacial score (nSPS) is 21.0. The van der Waals surface area contributed by atoms with Crippen molar-refractivity contribution in [2.24, 2.45) is 0 Å². The number of rotatable bonds is 2. The summed E-state index contributed by atoms with van der Waals surface area (Å²) in [6.45, 7) is 1.37. The molecular weight excluding hydrogens is 264 g/mol. The van der Waals surface area contributed by atoms with E-state index in [4.69, 9.17) is 4.74 Å². The molecule has 0 radical (unpaired) electrons. The Morgan fingerprint density at radius 1 is 1.50 bits per heavy atom. The third kappa shape index (κ3) is 2.57. The zero-order chi connectivity index (χ0) is 10.0. The first-order chi connectivity index (χ1) is 6.68. The highest BCUT2D eigenvalue weighted by Crippen LogP contribution is 2.29. The number of ether oxygens (including phenoxy) is 1. The fraction of sp³-hybridized carbons (Fsp3) is 0.600. The number of halogens is 1. The van der Waals surface area contributed by atoms with Crippen LogP contribution < -0.4 is 0 Å². The molecule has 1 aromatic heterocycles. The van der Waals surface area contributed by atoms with E-state index in [-0.39, 0.29) is 0 Å². The Labute approximate surface area is 96.0 Å². The van der Waals surface area contributed by atoms with E-state index in [2.05, 4.69) is 27.4 Å². The van der Waals surface area contributed by atoms with Crippen molar-refractivity contribution >= 4 is 27.3 Å². The number of thiophene rings is 1. The monoisotopic (exact) mass is 276 g/mol. The Hall–Kier alpha value is 0.1000. The molecule has 1 aromatic rings. The highest BCUT2D eigenvalue weighted by molar-refractivity contribution is 9.10. The maximum absolute atomic E-state index is 10.2. The Morgan fingerprint density at radius 3 is 2.79 bits per heavy atom. The van der Waals surface area contributed by atoms with Crippen molar-refractivity contribution in [3.63, 3.8) is 0 Å². The quantitative estimate of drug-likeness (QED) is 0.900. The molecule has 2 rings (SSSR count). The van der Waals surface area contributed by atoms with Gasteiger partial charge in [-0.25, -0.2) is 0 Å². The topological polar surface area (TPSA) is 29.5 Å². The third-order valence-electron chi connectivity index (χ3n) is 2.55. The first-order valence-electron chi connectivity index (χ1n) is 4.71. The van der Waals surface area contributed by atoms with Gasteiger partial charge in [0.2, 0.25) is 0 Å². The Bertz CT molecular complexity index is 305. The molecule has 2 nitrogen and oxygen atoms in total. The van der Waals surface area contributed by atoms with Gasteiger partial charge in [0.1, 0.15) is 0 Å². The summed E-state index contributed by atoms with van der Waals surface area (Å²) in [6.07, 6.45) is 2.26. The van der Waals surface area contributed by atoms with Crippen molar-refractivity contribution < 1.29 is 9.84 Å². The molecule has 1 saturated heterocycles. The second-order valence-electron chi connectivity index (χ2n) is 3.74. The Morgan fingerprint density at radius 2 is 2.21 bits per heavy atom. The average molecular weight is 277 g/mol. The third-order valence-corrected chi connectivity index (χ3v) is 4.25. The summed E-state index contributed by atoms with van der Waals surface area (Å²) in [7, 11) is 0. The zero-order valence-electron chi connectivity index (χ0n) is 7.83. The van der Waals surface area contributed by atoms with Crippen LogP contribution in [0.5, 0.6) is 0 Å². The lowest BCUT2D eigenvalue weighted by Gasteiger charge is -2.31. The summed E-state index contributed by atoms with van der Waals surface area (Å²) >= 11 is 5.11. The smallest absolute Gasteiger partial charge is 0.0739 e. The largest absolute Gasteiger partial charge is 0.389 e. The molecule has 78 valence electrons. The van der Waals surface area contributed by atoms with E-state index in [0.717, 1.165) is 23.7 Å². The van der Waals surface area contributed by atoms with Crippen LogP contribution in [0.4, 0.5) is 0 Å². The summed E-state index contributed by atoms with van der Waals surface area (Å²) in [4.78, 5) is 1.24. The van der Waals surface area contributed by atoms with Crippen molar-refractivity contribution in [1.82, 2.24) is 0 Å². The lowest BCUT2D eigenvalue weighted by molar-refractivity contribution is -0.0621. The highest BCUT2D eigenvalue weighted by Gasteiger charge is 2.30. The average Bonchev–Trinajstić information content (AvgIpc) is 2.51. The summed E-state index contributed by atoms with van der Waals surface area (Å²) in [5.74, 6) is 0. The van der Waals surface area contributed by atoms with Crippen LogP contribution in [-0.4, -0.2) is 23.9 Å². The van der Waals surface area contributed by atoms with Gasteiger partial charge in [-0.2, -0.15) is 0 Å². The van der Waals surface area contributed by atoms with Crippen molar-refractivity contribution in [3.8, 4) is 0 Å². The molecule has 1 aliphatic heterocycles. The van der Waals surface area contributed by atoms with E-state index in [1.165, 1.54) is 4.88 Å². The number of hydrogen-bond donors (Lipinski definition) is 1. The molecule has 0 saturated carbocycles. The van der Waals surface area contributed by atoms with E-state index in [1.807, 2.05) is 0 Å². The van der Waals surface area contributed by atoms with Crippen LogP contribution in [0, 0.1) is 0 Å². The van der Waals surface area contributed by atoms with Gasteiger partial charge >= 0.3 is 0 Å². The van der Waals surface area contributed by atoms with Crippen molar-refractivity contribution in [1.29, 1.82) is 0 Å². The fourth-order valence-corrected chi connectivity index (χ4v) is 3.29. The standard InChI is InChI=1S/C10H13BrO2S/c11-8-5-9(14-7-8)6-10(12)1-3-13-4-2-10/h5,7,12H,1-4,6H2. The molecule has 0 unspecified atom stereocenters. The first-order valence-corrected chi connectivity index (χ1v) is 6.38. The van der Waals surface area contributed by atoms with Crippen LogP contribution in [0.2, 0.25) is 0 Å². The first kappa shape index (κ1) is 10.6. The molecule has 0 atom stereocenters. The van der Waals surface area contributed by atoms with Crippen molar-refractivity contribution in [2.75, 3.05) is 13.2 Å². The van der Waals surface area contributed by atoms with E-state index < -0.39 is 5.60 Å². The summed E-state index contributed by atoms with van der Waals surface area (Å²) in [6, 6.07) is 2.08. The van der Waals surface area contributed by atoms with Gasteiger partial charge in [0, 0.05) is 34.4 Å². The molecule has 2 heterocycles. The molecule has 1 N–H and O–H groups in total. The van der Waals surface area contributed by atoms with Gasteiger partial charge < -0.3 is 9.84 Å².